The highest BCUT2D eigenvalue weighted by Crippen LogP contribution is 2.48. The van der Waals surface area contributed by atoms with Gasteiger partial charge in [0.25, 0.3) is 0 Å². The lowest BCUT2D eigenvalue weighted by Crippen LogP contribution is -2.45. The number of fused-ring (bicyclic) bond motifs is 1. The second kappa shape index (κ2) is 11.1. The molecule has 194 valence electrons. The summed E-state index contributed by atoms with van der Waals surface area (Å²) in [5.74, 6) is -1.73. The van der Waals surface area contributed by atoms with Gasteiger partial charge in [-0.2, -0.15) is 0 Å². The third-order valence-corrected chi connectivity index (χ3v) is 8.07. The highest BCUT2D eigenvalue weighted by atomic mass is 35.5. The van der Waals surface area contributed by atoms with E-state index in [1.54, 1.807) is 27.0 Å². The number of epoxide rings is 1. The molecule has 2 aliphatic heterocycles. The Hall–Kier alpha value is -1.80. The first-order valence-corrected chi connectivity index (χ1v) is 12.8. The maximum absolute atomic E-state index is 13.2. The number of ketones is 1. The molecule has 1 aromatic heterocycles. The number of hydrogen-bond acceptors (Lipinski definition) is 7. The molecule has 0 amide bonds. The van der Waals surface area contributed by atoms with Crippen molar-refractivity contribution >= 4 is 29.4 Å². The molecule has 35 heavy (non-hydrogen) atoms. The molecule has 0 radical (unpaired) electrons. The van der Waals surface area contributed by atoms with E-state index >= 15 is 0 Å². The van der Waals surface area contributed by atoms with Crippen molar-refractivity contribution in [1.29, 1.82) is 0 Å². The third kappa shape index (κ3) is 6.70. The van der Waals surface area contributed by atoms with Crippen LogP contribution in [-0.2, 0) is 19.1 Å². The van der Waals surface area contributed by atoms with Crippen LogP contribution in [0.25, 0.3) is 6.08 Å². The first-order valence-electron chi connectivity index (χ1n) is 12.4. The molecule has 2 fully saturated rings. The molecule has 1 aromatic rings. The second-order valence-corrected chi connectivity index (χ2v) is 11.3. The van der Waals surface area contributed by atoms with Gasteiger partial charge in [-0.05, 0) is 55.9 Å². The van der Waals surface area contributed by atoms with Gasteiger partial charge in [-0.25, -0.2) is 0 Å². The zero-order valence-corrected chi connectivity index (χ0v) is 22.0. The van der Waals surface area contributed by atoms with E-state index in [1.807, 2.05) is 38.1 Å². The van der Waals surface area contributed by atoms with Crippen molar-refractivity contribution in [3.63, 3.8) is 0 Å². The van der Waals surface area contributed by atoms with E-state index in [-0.39, 0.29) is 24.2 Å². The SMILES string of the molecule is CC(=Cc1ccccn1)[C@@H]1C[C@@H]2O[C@]2(Cl)CCC[C@H](C)[C@H](O)[C@@H](C)C(=O)C(C)(C)[C@@H](O)CC(=O)O1. The first-order chi connectivity index (χ1) is 16.3. The summed E-state index contributed by atoms with van der Waals surface area (Å²) in [6.45, 7) is 8.65. The summed E-state index contributed by atoms with van der Waals surface area (Å²) < 4.78 is 11.6. The van der Waals surface area contributed by atoms with E-state index in [1.165, 1.54) is 0 Å². The number of hydrogen-bond donors (Lipinski definition) is 2. The summed E-state index contributed by atoms with van der Waals surface area (Å²) >= 11 is 6.69. The first kappa shape index (κ1) is 27.8. The van der Waals surface area contributed by atoms with Crippen molar-refractivity contribution < 1.29 is 29.3 Å². The number of pyridine rings is 1. The van der Waals surface area contributed by atoms with Crippen LogP contribution >= 0.6 is 11.6 Å². The molecule has 0 aliphatic carbocycles. The maximum atomic E-state index is 13.2. The van der Waals surface area contributed by atoms with E-state index in [0.29, 0.717) is 19.3 Å². The molecule has 2 N–H and O–H groups in total. The van der Waals surface area contributed by atoms with Crippen molar-refractivity contribution in [3.05, 3.63) is 35.7 Å². The number of Topliss-reactive ketones (excluding diaryl/α,β-unsaturated/α-hetero) is 1. The lowest BCUT2D eigenvalue weighted by atomic mass is 9.73. The Balaban J connectivity index is 1.86. The number of nitrogens with zero attached hydrogens (tertiary/aromatic N) is 1. The molecule has 0 unspecified atom stereocenters. The van der Waals surface area contributed by atoms with Crippen LogP contribution in [0.1, 0.15) is 72.4 Å². The van der Waals surface area contributed by atoms with E-state index < -0.39 is 40.7 Å². The predicted octanol–water partition coefficient (Wildman–Crippen LogP) is 4.28. The Morgan fingerprint density at radius 3 is 2.60 bits per heavy atom. The van der Waals surface area contributed by atoms with Gasteiger partial charge >= 0.3 is 5.97 Å². The number of halogens is 1. The normalized spacial score (nSPS) is 37.3. The number of esters is 1. The number of alkyl halides is 1. The van der Waals surface area contributed by atoms with Crippen LogP contribution in [0.5, 0.6) is 0 Å². The Kier molecular flexibility index (Phi) is 8.79. The minimum atomic E-state index is -1.26. The molecule has 0 aromatic carbocycles. The Bertz CT molecular complexity index is 935. The van der Waals surface area contributed by atoms with Crippen molar-refractivity contribution in [3.8, 4) is 0 Å². The van der Waals surface area contributed by atoms with Gasteiger partial charge in [-0.3, -0.25) is 14.6 Å². The van der Waals surface area contributed by atoms with Gasteiger partial charge in [-0.1, -0.05) is 45.4 Å². The number of ether oxygens (including phenoxy) is 2. The highest BCUT2D eigenvalue weighted by molar-refractivity contribution is 6.25. The van der Waals surface area contributed by atoms with Gasteiger partial charge in [-0.15, -0.1) is 0 Å². The quantitative estimate of drug-likeness (QED) is 0.349. The Morgan fingerprint density at radius 2 is 1.94 bits per heavy atom. The fourth-order valence-corrected chi connectivity index (χ4v) is 5.14. The fraction of sp³-hybridized carbons (Fsp3) is 0.667. The number of rotatable bonds is 2. The molecule has 7 nitrogen and oxygen atoms in total. The number of aromatic nitrogens is 1. The lowest BCUT2D eigenvalue weighted by Gasteiger charge is -2.34. The van der Waals surface area contributed by atoms with Crippen molar-refractivity contribution in [2.45, 2.75) is 96.2 Å². The summed E-state index contributed by atoms with van der Waals surface area (Å²) in [6.07, 6.45) is 2.53. The second-order valence-electron chi connectivity index (χ2n) is 10.7. The molecule has 0 saturated carbocycles. The molecular formula is C27H38ClNO6. The average molecular weight is 508 g/mol. The summed E-state index contributed by atoms with van der Waals surface area (Å²) in [7, 11) is 0. The number of aliphatic hydroxyl groups is 2. The monoisotopic (exact) mass is 507 g/mol. The number of aliphatic hydroxyl groups excluding tert-OH is 2. The van der Waals surface area contributed by atoms with Crippen LogP contribution in [-0.4, -0.2) is 56.4 Å². The van der Waals surface area contributed by atoms with Gasteiger partial charge in [0.15, 0.2) is 5.06 Å². The van der Waals surface area contributed by atoms with Crippen molar-refractivity contribution in [2.75, 3.05) is 0 Å². The largest absolute Gasteiger partial charge is 0.458 e. The van der Waals surface area contributed by atoms with E-state index in [4.69, 9.17) is 21.1 Å². The average Bonchev–Trinajstić information content (AvgIpc) is 3.45. The zero-order chi connectivity index (χ0) is 26.0. The van der Waals surface area contributed by atoms with Gasteiger partial charge < -0.3 is 19.7 Å². The minimum Gasteiger partial charge on any atom is -0.458 e. The highest BCUT2D eigenvalue weighted by Gasteiger charge is 2.55. The molecule has 0 spiro atoms. The van der Waals surface area contributed by atoms with E-state index in [2.05, 4.69) is 4.98 Å². The van der Waals surface area contributed by atoms with E-state index in [9.17, 15) is 19.8 Å². The number of carbonyl (C=O) groups excluding carboxylic acids is 2. The molecule has 2 aliphatic rings. The molecule has 3 heterocycles. The van der Waals surface area contributed by atoms with Crippen LogP contribution in [0.2, 0.25) is 0 Å². The van der Waals surface area contributed by atoms with Crippen LogP contribution in [0, 0.1) is 17.3 Å². The maximum Gasteiger partial charge on any atom is 0.309 e. The predicted molar refractivity (Wildman–Crippen MR) is 133 cm³/mol. The Labute approximate surface area is 212 Å². The smallest absolute Gasteiger partial charge is 0.309 e. The van der Waals surface area contributed by atoms with Crippen molar-refractivity contribution in [2.24, 2.45) is 17.3 Å². The fourth-order valence-electron chi connectivity index (χ4n) is 4.81. The summed E-state index contributed by atoms with van der Waals surface area (Å²) in [5.41, 5.74) is 0.285. The minimum absolute atomic E-state index is 0.131. The lowest BCUT2D eigenvalue weighted by molar-refractivity contribution is -0.154. The molecule has 3 rings (SSSR count). The molecular weight excluding hydrogens is 470 g/mol. The Morgan fingerprint density at radius 1 is 1.23 bits per heavy atom. The van der Waals surface area contributed by atoms with Crippen LogP contribution in [0.3, 0.4) is 0 Å². The van der Waals surface area contributed by atoms with Gasteiger partial charge in [0.1, 0.15) is 18.0 Å². The van der Waals surface area contributed by atoms with Crippen molar-refractivity contribution in [1.82, 2.24) is 4.98 Å². The molecule has 8 heteroatoms. The standard InChI is InChI=1S/C27H38ClNO6/c1-16-9-8-11-27(28)22(35-27)14-20(17(2)13-19-10-6-7-12-29-19)34-23(31)15-21(30)26(4,5)25(33)18(3)24(16)32/h6-7,10,12-13,16,18,20-22,24,30,32H,8-9,11,14-15H2,1-5H3/t16-,18+,20-,21-,22-,24-,27+/m0/s1. The van der Waals surface area contributed by atoms with Gasteiger partial charge in [0.2, 0.25) is 0 Å². The summed E-state index contributed by atoms with van der Waals surface area (Å²) in [6, 6.07) is 5.55. The number of carbonyl (C=O) groups is 2. The molecule has 2 saturated heterocycles. The van der Waals surface area contributed by atoms with Crippen LogP contribution in [0.4, 0.5) is 0 Å². The van der Waals surface area contributed by atoms with Crippen LogP contribution in [0.15, 0.2) is 30.0 Å². The third-order valence-electron chi connectivity index (χ3n) is 7.55. The zero-order valence-electron chi connectivity index (χ0n) is 21.2. The van der Waals surface area contributed by atoms with E-state index in [0.717, 1.165) is 17.7 Å². The molecule has 7 atom stereocenters. The summed E-state index contributed by atoms with van der Waals surface area (Å²) in [4.78, 5) is 30.4. The topological polar surface area (TPSA) is 109 Å². The van der Waals surface area contributed by atoms with Crippen LogP contribution < -0.4 is 0 Å². The van der Waals surface area contributed by atoms with Gasteiger partial charge in [0.05, 0.1) is 29.7 Å². The molecule has 0 bridgehead atoms. The van der Waals surface area contributed by atoms with Gasteiger partial charge in [0, 0.05) is 18.5 Å². The number of cyclic esters (lactones) is 1. The summed E-state index contributed by atoms with van der Waals surface area (Å²) in [5, 5.41) is 20.8.